The molecular weight excluding hydrogens is 1690 g/mol. The number of aromatic nitrogens is 3. The molecule has 0 aliphatic carbocycles. The second-order valence-electron chi connectivity index (χ2n) is 35.3. The van der Waals surface area contributed by atoms with Crippen LogP contribution in [-0.4, -0.2) is 272 Å². The zero-order chi connectivity index (χ0) is 94.5. The maximum atomic E-state index is 15.1. The minimum Gasteiger partial charge on any atom is -0.479 e. The second kappa shape index (κ2) is 47.5. The van der Waals surface area contributed by atoms with E-state index in [0.29, 0.717) is 108 Å². The number of halogens is 2. The van der Waals surface area contributed by atoms with Crippen molar-refractivity contribution in [3.8, 4) is 28.3 Å². The number of ether oxygens (including phenoxy) is 4. The monoisotopic (exact) mass is 1820 g/mol. The number of pyridine rings is 1. The van der Waals surface area contributed by atoms with Gasteiger partial charge in [-0.05, 0) is 154 Å². The lowest BCUT2D eigenvalue weighted by Gasteiger charge is -2.40. The Balaban J connectivity index is 0.777. The van der Waals surface area contributed by atoms with Crippen molar-refractivity contribution in [2.24, 2.45) is 35.3 Å². The number of aryl methyl sites for hydroxylation is 1. The lowest BCUT2D eigenvalue weighted by molar-refractivity contribution is -0.271. The zero-order valence-electron chi connectivity index (χ0n) is 76.3. The van der Waals surface area contributed by atoms with Gasteiger partial charge in [0.15, 0.2) is 6.10 Å². The first-order valence-electron chi connectivity index (χ1n) is 44.5. The quantitative estimate of drug-likeness (QED) is 0.0138. The van der Waals surface area contributed by atoms with E-state index in [0.717, 1.165) is 35.4 Å². The van der Waals surface area contributed by atoms with Crippen molar-refractivity contribution >= 4 is 93.2 Å². The van der Waals surface area contributed by atoms with Crippen molar-refractivity contribution in [1.82, 2.24) is 61.6 Å². The van der Waals surface area contributed by atoms with Crippen molar-refractivity contribution in [3.05, 3.63) is 119 Å². The highest BCUT2D eigenvalue weighted by Crippen LogP contribution is 2.45. The van der Waals surface area contributed by atoms with Gasteiger partial charge < -0.3 is 112 Å². The molecule has 17 atom stereocenters. The predicted octanol–water partition coefficient (Wildman–Crippen LogP) is 6.83. The van der Waals surface area contributed by atoms with Crippen molar-refractivity contribution in [2.75, 3.05) is 82.6 Å². The van der Waals surface area contributed by atoms with Gasteiger partial charge in [-0.2, -0.15) is 0 Å². The van der Waals surface area contributed by atoms with Gasteiger partial charge in [-0.1, -0.05) is 123 Å². The molecule has 708 valence electrons. The molecule has 0 bridgehead atoms. The number of rotatable bonds is 44. The number of carbonyl (C=O) groups is 9. The molecule has 9 rings (SSSR count). The van der Waals surface area contributed by atoms with Gasteiger partial charge in [0.25, 0.3) is 0 Å². The van der Waals surface area contributed by atoms with Crippen molar-refractivity contribution < 1.29 is 97.1 Å². The number of nitrogens with two attached hydrogens (primary N) is 1. The Morgan fingerprint density at radius 2 is 1.47 bits per heavy atom. The van der Waals surface area contributed by atoms with Crippen LogP contribution in [0, 0.1) is 42.3 Å². The number of aliphatic hydroxyl groups is 5. The van der Waals surface area contributed by atoms with E-state index in [1.807, 2.05) is 51.1 Å². The van der Waals surface area contributed by atoms with Crippen LogP contribution >= 0.6 is 11.6 Å². The molecule has 17 N–H and O–H groups in total. The number of carboxylic acids is 1. The largest absolute Gasteiger partial charge is 0.479 e. The number of hydrogen-bond donors (Lipinski definition) is 16. The SMILES string of the molecule is CC[C@H](C)[C@@H]([C@@H](CC(=O)N1CCC[C@H]1C[C@@H](C)C(=O)N[C@H](C)[C@@H](O)c1ccccc1)OC)N(C)C(=O)[C@@H](NC(=O)[C@H](C(C)C)N(C)C(=O)OCc1ccc(NC(=O)[C@H](C)NC(=O)[C@@H](NC(=O)CCNCCC(O)NCCNc2ncc(-c3cc(C)cc(F)c3)c(N3CCC(N)CC3)c2-c2nc3ccc(Cl)cc3[nH]2)C(C)C)c(O[C@@H]2O[C@H](C(=O)O)[C@@H](O)[C@H](O)[C@H]2O)c1)C(C)C. The highest BCUT2D eigenvalue weighted by Gasteiger charge is 2.49. The smallest absolute Gasteiger partial charge is 0.410 e. The van der Waals surface area contributed by atoms with Crippen LogP contribution < -0.4 is 57.9 Å². The maximum absolute atomic E-state index is 15.1. The molecule has 0 spiro atoms. The molecule has 129 heavy (non-hydrogen) atoms. The van der Waals surface area contributed by atoms with E-state index >= 15 is 4.39 Å². The molecule has 0 saturated carbocycles. The number of imidazole rings is 1. The number of aromatic amines is 1. The summed E-state index contributed by atoms with van der Waals surface area (Å²) in [4.78, 5) is 145. The third kappa shape index (κ3) is 27.2. The summed E-state index contributed by atoms with van der Waals surface area (Å²) >= 11 is 6.41. The number of amides is 8. The third-order valence-electron chi connectivity index (χ3n) is 24.3. The van der Waals surface area contributed by atoms with E-state index in [1.54, 1.807) is 97.8 Å². The number of carboxylic acid groups (broad SMARTS) is 1. The molecule has 3 aliphatic rings. The summed E-state index contributed by atoms with van der Waals surface area (Å²) in [6, 6.07) is 16.9. The first-order valence-corrected chi connectivity index (χ1v) is 44.9. The standard InChI is InChI=1S/C92H132ClFN16O19/c1-16-52(9)76(68(126-15)45-71(113)110-36-20-23-62(110)41-53(10)85(118)100-54(11)78(114)57-21-18-17-19-22-57)107(13)89(122)74(49(4)5)106-88(121)75(50(6)7)108(14)92(125)127-47-56-24-26-65(67(42-56)128-91-81(117)79(115)80(116)82(129-91)90(123)124)104-86(119)55(12)101-87(120)73(48(2)3)105-70(112)29-33-96-32-28-69(111)97-34-35-98-83-72(84-102-64-27-25-59(93)44-66(64)103-84)77(109-37-30-61(95)31-38-109)63(46-99-83)58-39-51(8)40-60(94)43-58/h17-19,21-22,24-27,39-40,42-44,46,48-50,52-55,61-62,68-69,73-76,78-82,91,96-97,111,114-117H,16,20,23,28-38,41,45,47,95H2,1-15H3,(H,98,99)(H,100,118)(H,101,120)(H,102,103)(H,104,119)(H,105,112)(H,106,121)(H,123,124)/t52-,53+,54+,55-,62-,68+,69?,73-,74-,75-,76-,78+,79-,80-,81+,82-,91+/m0/s1. The van der Waals surface area contributed by atoms with Gasteiger partial charge in [0.05, 0.1) is 58.7 Å². The summed E-state index contributed by atoms with van der Waals surface area (Å²) in [6.07, 6.45) is -8.45. The van der Waals surface area contributed by atoms with Crippen LogP contribution in [0.3, 0.4) is 0 Å². The number of anilines is 3. The Kier molecular flexibility index (Phi) is 37.8. The molecule has 8 amide bonds. The molecule has 3 saturated heterocycles. The van der Waals surface area contributed by atoms with E-state index in [2.05, 4.69) is 52.4 Å². The fourth-order valence-electron chi connectivity index (χ4n) is 16.7. The van der Waals surface area contributed by atoms with Crippen LogP contribution in [0.2, 0.25) is 5.02 Å². The van der Waals surface area contributed by atoms with E-state index in [-0.39, 0.29) is 78.4 Å². The number of benzene rings is 4. The average Bonchev–Trinajstić information content (AvgIpc) is 1.67. The summed E-state index contributed by atoms with van der Waals surface area (Å²) in [5.41, 5.74) is 12.0. The Hall–Kier alpha value is -10.3. The number of aliphatic carboxylic acids is 1. The molecule has 37 heteroatoms. The van der Waals surface area contributed by atoms with Crippen LogP contribution in [0.4, 0.5) is 26.4 Å². The molecular formula is C92H132ClFN16O19. The number of fused-ring (bicyclic) bond motifs is 1. The van der Waals surface area contributed by atoms with Crippen molar-refractivity contribution in [2.45, 2.75) is 245 Å². The number of nitrogens with zero attached hydrogens (tertiary/aromatic N) is 6. The van der Waals surface area contributed by atoms with Gasteiger partial charge in [0.2, 0.25) is 47.6 Å². The van der Waals surface area contributed by atoms with Crippen LogP contribution in [-0.2, 0) is 59.2 Å². The minimum atomic E-state index is -2.11. The number of H-pyrrole nitrogens is 1. The van der Waals surface area contributed by atoms with Gasteiger partial charge in [0.1, 0.15) is 78.5 Å². The first kappa shape index (κ1) is 102. The number of piperidine rings is 1. The molecule has 0 radical (unpaired) electrons. The maximum Gasteiger partial charge on any atom is 0.410 e. The Labute approximate surface area is 758 Å². The van der Waals surface area contributed by atoms with Crippen LogP contribution in [0.25, 0.3) is 33.5 Å². The van der Waals surface area contributed by atoms with Gasteiger partial charge in [-0.25, -0.2) is 23.9 Å². The summed E-state index contributed by atoms with van der Waals surface area (Å²) in [7, 11) is 4.42. The number of carbonyl (C=O) groups excluding carboxylic acids is 8. The number of methoxy groups -OCH3 is 1. The molecule has 3 fully saturated rings. The van der Waals surface area contributed by atoms with Crippen LogP contribution in [0.5, 0.6) is 5.75 Å². The van der Waals surface area contributed by atoms with Crippen molar-refractivity contribution in [3.63, 3.8) is 0 Å². The van der Waals surface area contributed by atoms with Crippen LogP contribution in [0.15, 0.2) is 91.1 Å². The van der Waals surface area contributed by atoms with Gasteiger partial charge in [-0.3, -0.25) is 43.8 Å². The third-order valence-corrected chi connectivity index (χ3v) is 24.5. The highest BCUT2D eigenvalue weighted by atomic mass is 35.5. The number of likely N-dealkylation sites (N-methyl/N-ethyl adjacent to an activating group) is 2. The number of aliphatic hydroxyl groups excluding tert-OH is 5. The van der Waals surface area contributed by atoms with E-state index in [1.165, 1.54) is 56.3 Å². The van der Waals surface area contributed by atoms with E-state index in [4.69, 9.17) is 46.3 Å². The molecule has 3 aliphatic heterocycles. The second-order valence-corrected chi connectivity index (χ2v) is 35.7. The van der Waals surface area contributed by atoms with Crippen LogP contribution in [0.1, 0.15) is 157 Å². The Morgan fingerprint density at radius 3 is 2.12 bits per heavy atom. The Morgan fingerprint density at radius 1 is 0.760 bits per heavy atom. The van der Waals surface area contributed by atoms with E-state index in [9.17, 15) is 73.8 Å². The predicted molar refractivity (Wildman–Crippen MR) is 485 cm³/mol. The fourth-order valence-corrected chi connectivity index (χ4v) is 16.9. The lowest BCUT2D eigenvalue weighted by Crippen LogP contribution is -2.61. The summed E-state index contributed by atoms with van der Waals surface area (Å²) < 4.78 is 38.4. The summed E-state index contributed by atoms with van der Waals surface area (Å²) in [5, 5.41) is 88.3. The zero-order valence-corrected chi connectivity index (χ0v) is 77.1. The first-order chi connectivity index (χ1) is 61.2. The molecule has 2 aromatic heterocycles. The lowest BCUT2D eigenvalue weighted by atomic mass is 9.89. The fraction of sp³-hybridized carbons (Fsp3) is 0.576. The van der Waals surface area contributed by atoms with Crippen molar-refractivity contribution in [1.29, 1.82) is 0 Å². The highest BCUT2D eigenvalue weighted by molar-refractivity contribution is 6.31. The molecule has 4 aromatic carbocycles. The van der Waals surface area contributed by atoms with Gasteiger partial charge >= 0.3 is 12.1 Å². The normalized spacial score (nSPS) is 19.9. The number of hydrogen-bond acceptors (Lipinski definition) is 25. The number of likely N-dealkylation sites (tertiary alicyclic amines) is 1. The van der Waals surface area contributed by atoms with Gasteiger partial charge in [0, 0.05) is 102 Å². The molecule has 1 unspecified atom stereocenters. The molecule has 6 aromatic rings. The summed E-state index contributed by atoms with van der Waals surface area (Å²) in [6.45, 7) is 23.2. The summed E-state index contributed by atoms with van der Waals surface area (Å²) in [5.74, 6) is -7.41. The topological polar surface area (TPSA) is 489 Å². The van der Waals surface area contributed by atoms with E-state index < -0.39 is 157 Å². The minimum absolute atomic E-state index is 0.0257. The van der Waals surface area contributed by atoms with Gasteiger partial charge in [-0.15, -0.1) is 0 Å². The average molecular weight is 1820 g/mol. The molecule has 35 nitrogen and oxygen atoms in total. The Bertz CT molecular complexity index is 4780. The molecule has 5 heterocycles. The number of nitrogens with one attached hydrogen (secondary N) is 9.